The Balaban J connectivity index is 1.27. The number of fused-ring (bicyclic) bond motifs is 1. The molecule has 0 saturated carbocycles. The van der Waals surface area contributed by atoms with Gasteiger partial charge in [-0.3, -0.25) is 9.59 Å². The summed E-state index contributed by atoms with van der Waals surface area (Å²) in [6, 6.07) is 15.4. The van der Waals surface area contributed by atoms with E-state index in [9.17, 15) is 9.59 Å². The lowest BCUT2D eigenvalue weighted by atomic mass is 10.1. The van der Waals surface area contributed by atoms with Crippen molar-refractivity contribution >= 4 is 11.8 Å². The fourth-order valence-corrected chi connectivity index (χ4v) is 3.80. The number of rotatable bonds is 4. The minimum Gasteiger partial charge on any atom is -0.484 e. The molecule has 0 aromatic heterocycles. The van der Waals surface area contributed by atoms with Crippen molar-refractivity contribution in [3.05, 3.63) is 65.2 Å². The largest absolute Gasteiger partial charge is 0.484 e. The van der Waals surface area contributed by atoms with Gasteiger partial charge in [-0.25, -0.2) is 0 Å². The van der Waals surface area contributed by atoms with Crippen molar-refractivity contribution in [3.63, 3.8) is 0 Å². The van der Waals surface area contributed by atoms with Crippen LogP contribution in [0.25, 0.3) is 0 Å². The van der Waals surface area contributed by atoms with Gasteiger partial charge in [0.1, 0.15) is 5.75 Å². The molecule has 2 aliphatic rings. The SMILES string of the molecule is O=C(COc1ccc2c(c1)CCC2)N1CCN(C(=O)c2ccccc2)CC1. The fourth-order valence-electron chi connectivity index (χ4n) is 3.80. The van der Waals surface area contributed by atoms with Gasteiger partial charge in [0.15, 0.2) is 6.61 Å². The van der Waals surface area contributed by atoms with Crippen molar-refractivity contribution in [2.45, 2.75) is 19.3 Å². The predicted molar refractivity (Wildman–Crippen MR) is 103 cm³/mol. The van der Waals surface area contributed by atoms with Gasteiger partial charge in [0.25, 0.3) is 11.8 Å². The summed E-state index contributed by atoms with van der Waals surface area (Å²) in [6.07, 6.45) is 3.43. The molecule has 2 amide bonds. The summed E-state index contributed by atoms with van der Waals surface area (Å²) in [7, 11) is 0. The van der Waals surface area contributed by atoms with E-state index in [2.05, 4.69) is 12.1 Å². The van der Waals surface area contributed by atoms with Crippen LogP contribution in [0.4, 0.5) is 0 Å². The molecule has 0 spiro atoms. The molecule has 0 radical (unpaired) electrons. The number of amides is 2. The highest BCUT2D eigenvalue weighted by molar-refractivity contribution is 5.94. The second-order valence-electron chi connectivity index (χ2n) is 7.11. The van der Waals surface area contributed by atoms with Crippen LogP contribution < -0.4 is 4.74 Å². The maximum absolute atomic E-state index is 12.5. The number of ether oxygens (including phenoxy) is 1. The molecule has 1 saturated heterocycles. The van der Waals surface area contributed by atoms with Gasteiger partial charge in [-0.05, 0) is 54.7 Å². The molecule has 1 aliphatic carbocycles. The van der Waals surface area contributed by atoms with Gasteiger partial charge in [0.05, 0.1) is 0 Å². The Morgan fingerprint density at radius 3 is 2.33 bits per heavy atom. The number of nitrogens with zero attached hydrogens (tertiary/aromatic N) is 2. The molecule has 27 heavy (non-hydrogen) atoms. The summed E-state index contributed by atoms with van der Waals surface area (Å²) >= 11 is 0. The molecule has 2 aromatic carbocycles. The Bertz CT molecular complexity index is 827. The van der Waals surface area contributed by atoms with E-state index in [1.54, 1.807) is 9.80 Å². The summed E-state index contributed by atoms with van der Waals surface area (Å²) in [4.78, 5) is 28.5. The molecule has 4 rings (SSSR count). The third-order valence-electron chi connectivity index (χ3n) is 5.37. The Hall–Kier alpha value is -2.82. The van der Waals surface area contributed by atoms with Crippen LogP contribution in [0.5, 0.6) is 5.75 Å². The highest BCUT2D eigenvalue weighted by atomic mass is 16.5. The third kappa shape index (κ3) is 3.97. The van der Waals surface area contributed by atoms with Gasteiger partial charge in [0.2, 0.25) is 0 Å². The normalized spacial score (nSPS) is 16.1. The number of carbonyl (C=O) groups is 2. The predicted octanol–water partition coefficient (Wildman–Crippen LogP) is 2.54. The second kappa shape index (κ2) is 7.82. The van der Waals surface area contributed by atoms with E-state index in [0.717, 1.165) is 18.6 Å². The zero-order valence-corrected chi connectivity index (χ0v) is 15.4. The molecule has 140 valence electrons. The quantitative estimate of drug-likeness (QED) is 0.838. The summed E-state index contributed by atoms with van der Waals surface area (Å²) in [5, 5.41) is 0. The molecular formula is C22H24N2O3. The molecular weight excluding hydrogens is 340 g/mol. The van der Waals surface area contributed by atoms with Gasteiger partial charge in [-0.15, -0.1) is 0 Å². The minimum absolute atomic E-state index is 0.0251. The zero-order chi connectivity index (χ0) is 18.6. The number of benzene rings is 2. The molecule has 5 heteroatoms. The summed E-state index contributed by atoms with van der Waals surface area (Å²) in [6.45, 7) is 2.25. The lowest BCUT2D eigenvalue weighted by Gasteiger charge is -2.34. The summed E-state index contributed by atoms with van der Waals surface area (Å²) < 4.78 is 5.72. The maximum atomic E-state index is 12.5. The number of piperazine rings is 1. The molecule has 0 N–H and O–H groups in total. The van der Waals surface area contributed by atoms with Gasteiger partial charge in [-0.2, -0.15) is 0 Å². The van der Waals surface area contributed by atoms with Crippen LogP contribution in [-0.4, -0.2) is 54.4 Å². The second-order valence-corrected chi connectivity index (χ2v) is 7.11. The highest BCUT2D eigenvalue weighted by Gasteiger charge is 2.25. The number of hydrogen-bond donors (Lipinski definition) is 0. The molecule has 1 heterocycles. The van der Waals surface area contributed by atoms with Crippen molar-refractivity contribution in [1.82, 2.24) is 9.80 Å². The topological polar surface area (TPSA) is 49.9 Å². The Labute approximate surface area is 159 Å². The fraction of sp³-hybridized carbons (Fsp3) is 0.364. The van der Waals surface area contributed by atoms with E-state index in [4.69, 9.17) is 4.74 Å². The zero-order valence-electron chi connectivity index (χ0n) is 15.4. The van der Waals surface area contributed by atoms with Crippen LogP contribution in [0.3, 0.4) is 0 Å². The van der Waals surface area contributed by atoms with E-state index in [0.29, 0.717) is 31.7 Å². The minimum atomic E-state index is -0.0256. The van der Waals surface area contributed by atoms with E-state index in [1.165, 1.54) is 17.5 Å². The molecule has 2 aromatic rings. The van der Waals surface area contributed by atoms with E-state index >= 15 is 0 Å². The summed E-state index contributed by atoms with van der Waals surface area (Å²) in [5.74, 6) is 0.765. The molecule has 1 aliphatic heterocycles. The van der Waals surface area contributed by atoms with Crippen LogP contribution in [0, 0.1) is 0 Å². The number of carbonyl (C=O) groups excluding carboxylic acids is 2. The van der Waals surface area contributed by atoms with Crippen molar-refractivity contribution in [2.24, 2.45) is 0 Å². The molecule has 0 unspecified atom stereocenters. The van der Waals surface area contributed by atoms with Gasteiger partial charge in [0, 0.05) is 31.7 Å². The molecule has 0 atom stereocenters. The first-order chi connectivity index (χ1) is 13.2. The average molecular weight is 364 g/mol. The average Bonchev–Trinajstić information content (AvgIpc) is 3.20. The van der Waals surface area contributed by atoms with E-state index < -0.39 is 0 Å². The van der Waals surface area contributed by atoms with Crippen molar-refractivity contribution in [2.75, 3.05) is 32.8 Å². The van der Waals surface area contributed by atoms with Crippen LogP contribution in [0.2, 0.25) is 0 Å². The van der Waals surface area contributed by atoms with E-state index in [-0.39, 0.29) is 18.4 Å². The first-order valence-corrected chi connectivity index (χ1v) is 9.57. The Morgan fingerprint density at radius 2 is 1.56 bits per heavy atom. The smallest absolute Gasteiger partial charge is 0.260 e. The van der Waals surface area contributed by atoms with Gasteiger partial charge >= 0.3 is 0 Å². The van der Waals surface area contributed by atoms with Gasteiger partial charge in [-0.1, -0.05) is 24.3 Å². The van der Waals surface area contributed by atoms with Gasteiger partial charge < -0.3 is 14.5 Å². The Kier molecular flexibility index (Phi) is 5.10. The lowest BCUT2D eigenvalue weighted by molar-refractivity contribution is -0.134. The molecule has 5 nitrogen and oxygen atoms in total. The first kappa shape index (κ1) is 17.6. The Morgan fingerprint density at radius 1 is 0.852 bits per heavy atom. The van der Waals surface area contributed by atoms with Crippen molar-refractivity contribution in [3.8, 4) is 5.75 Å². The number of aryl methyl sites for hydroxylation is 2. The number of hydrogen-bond acceptors (Lipinski definition) is 3. The highest BCUT2D eigenvalue weighted by Crippen LogP contribution is 2.26. The maximum Gasteiger partial charge on any atom is 0.260 e. The van der Waals surface area contributed by atoms with Crippen molar-refractivity contribution < 1.29 is 14.3 Å². The van der Waals surface area contributed by atoms with Crippen LogP contribution >= 0.6 is 0 Å². The van der Waals surface area contributed by atoms with Crippen LogP contribution in [-0.2, 0) is 17.6 Å². The lowest BCUT2D eigenvalue weighted by Crippen LogP contribution is -2.51. The first-order valence-electron chi connectivity index (χ1n) is 9.57. The molecule has 1 fully saturated rings. The van der Waals surface area contributed by atoms with E-state index in [1.807, 2.05) is 36.4 Å². The van der Waals surface area contributed by atoms with Crippen LogP contribution in [0.1, 0.15) is 27.9 Å². The molecule has 0 bridgehead atoms. The standard InChI is InChI=1S/C22H24N2O3/c25-21(16-27-20-10-9-17-7-4-8-19(17)15-20)23-11-13-24(14-12-23)22(26)18-5-2-1-3-6-18/h1-3,5-6,9-10,15H,4,7-8,11-14,16H2. The monoisotopic (exact) mass is 364 g/mol. The third-order valence-corrected chi connectivity index (χ3v) is 5.37. The van der Waals surface area contributed by atoms with Crippen molar-refractivity contribution in [1.29, 1.82) is 0 Å². The van der Waals surface area contributed by atoms with Crippen LogP contribution in [0.15, 0.2) is 48.5 Å². The summed E-state index contributed by atoms with van der Waals surface area (Å²) in [5.41, 5.74) is 3.43.